The van der Waals surface area contributed by atoms with Crippen molar-refractivity contribution in [3.8, 4) is 0 Å². The first-order valence-corrected chi connectivity index (χ1v) is 6.92. The predicted molar refractivity (Wildman–Crippen MR) is 77.9 cm³/mol. The molecule has 0 bridgehead atoms. The summed E-state index contributed by atoms with van der Waals surface area (Å²) >= 11 is 6.13. The molecule has 0 amide bonds. The fourth-order valence-electron chi connectivity index (χ4n) is 2.21. The maximum absolute atomic E-state index is 13.9. The Kier molecular flexibility index (Phi) is 5.10. The van der Waals surface area contributed by atoms with Gasteiger partial charge in [0.1, 0.15) is 0 Å². The summed E-state index contributed by atoms with van der Waals surface area (Å²) in [5, 5.41) is 3.81. The van der Waals surface area contributed by atoms with Crippen molar-refractivity contribution in [1.82, 2.24) is 5.32 Å². The Morgan fingerprint density at radius 3 is 2.55 bits per heavy atom. The van der Waals surface area contributed by atoms with Crippen molar-refractivity contribution in [2.24, 2.45) is 0 Å². The topological polar surface area (TPSA) is 12.0 Å². The average Bonchev–Trinajstić information content (AvgIpc) is 2.44. The van der Waals surface area contributed by atoms with Gasteiger partial charge in [0.25, 0.3) is 0 Å². The van der Waals surface area contributed by atoms with E-state index in [0.29, 0.717) is 23.6 Å². The highest BCUT2D eigenvalue weighted by molar-refractivity contribution is 6.31. The summed E-state index contributed by atoms with van der Waals surface area (Å²) in [6, 6.07) is 11.3. The van der Waals surface area contributed by atoms with Crippen LogP contribution in [0.3, 0.4) is 0 Å². The number of rotatable bonds is 5. The van der Waals surface area contributed by atoms with E-state index >= 15 is 0 Å². The molecule has 1 N–H and O–H groups in total. The van der Waals surface area contributed by atoms with Gasteiger partial charge in [0.05, 0.1) is 0 Å². The van der Waals surface area contributed by atoms with E-state index in [4.69, 9.17) is 11.6 Å². The number of benzene rings is 2. The molecular formula is C16H16ClF2N. The van der Waals surface area contributed by atoms with Crippen molar-refractivity contribution in [3.05, 3.63) is 70.2 Å². The Balaban J connectivity index is 2.32. The number of hydrogen-bond acceptors (Lipinski definition) is 1. The minimum Gasteiger partial charge on any atom is -0.310 e. The van der Waals surface area contributed by atoms with Gasteiger partial charge in [-0.1, -0.05) is 48.9 Å². The van der Waals surface area contributed by atoms with Crippen molar-refractivity contribution in [1.29, 1.82) is 0 Å². The minimum absolute atomic E-state index is 0.310. The van der Waals surface area contributed by atoms with Crippen LogP contribution in [0.25, 0.3) is 0 Å². The van der Waals surface area contributed by atoms with E-state index in [1.54, 1.807) is 12.1 Å². The number of nitrogens with one attached hydrogen (secondary N) is 1. The molecule has 0 aliphatic heterocycles. The Morgan fingerprint density at radius 1 is 1.10 bits per heavy atom. The molecule has 106 valence electrons. The molecule has 20 heavy (non-hydrogen) atoms. The van der Waals surface area contributed by atoms with E-state index in [-0.39, 0.29) is 6.04 Å². The Bertz CT molecular complexity index is 586. The van der Waals surface area contributed by atoms with E-state index in [1.165, 1.54) is 6.07 Å². The van der Waals surface area contributed by atoms with Gasteiger partial charge in [-0.05, 0) is 30.7 Å². The molecule has 1 atom stereocenters. The minimum atomic E-state index is -0.829. The van der Waals surface area contributed by atoms with Gasteiger partial charge < -0.3 is 5.32 Å². The summed E-state index contributed by atoms with van der Waals surface area (Å²) in [6.45, 7) is 2.59. The normalized spacial score (nSPS) is 12.4. The molecule has 0 aliphatic carbocycles. The monoisotopic (exact) mass is 295 g/mol. The fraction of sp³-hybridized carbons (Fsp3) is 0.250. The molecular weight excluding hydrogens is 280 g/mol. The van der Waals surface area contributed by atoms with Crippen LogP contribution in [-0.2, 0) is 6.42 Å². The van der Waals surface area contributed by atoms with Crippen LogP contribution >= 0.6 is 11.6 Å². The maximum atomic E-state index is 13.9. The lowest BCUT2D eigenvalue weighted by Crippen LogP contribution is -2.24. The summed E-state index contributed by atoms with van der Waals surface area (Å²) < 4.78 is 27.3. The van der Waals surface area contributed by atoms with Crippen LogP contribution in [-0.4, -0.2) is 6.54 Å². The number of likely N-dealkylation sites (N-methyl/N-ethyl adjacent to an activating group) is 1. The predicted octanol–water partition coefficient (Wildman–Crippen LogP) is 4.51. The van der Waals surface area contributed by atoms with Crippen LogP contribution in [0.4, 0.5) is 8.78 Å². The first-order chi connectivity index (χ1) is 9.63. The third kappa shape index (κ3) is 3.35. The molecule has 1 unspecified atom stereocenters. The molecule has 0 spiro atoms. The lowest BCUT2D eigenvalue weighted by Gasteiger charge is -2.20. The molecule has 0 saturated heterocycles. The van der Waals surface area contributed by atoms with E-state index in [9.17, 15) is 8.78 Å². The van der Waals surface area contributed by atoms with Gasteiger partial charge in [-0.15, -0.1) is 0 Å². The summed E-state index contributed by atoms with van der Waals surface area (Å²) in [4.78, 5) is 0. The molecule has 0 saturated carbocycles. The highest BCUT2D eigenvalue weighted by Crippen LogP contribution is 2.26. The highest BCUT2D eigenvalue weighted by Gasteiger charge is 2.18. The van der Waals surface area contributed by atoms with Crippen LogP contribution < -0.4 is 5.32 Å². The van der Waals surface area contributed by atoms with Gasteiger partial charge in [-0.2, -0.15) is 0 Å². The van der Waals surface area contributed by atoms with Gasteiger partial charge in [0.15, 0.2) is 11.6 Å². The Morgan fingerprint density at radius 2 is 1.85 bits per heavy atom. The van der Waals surface area contributed by atoms with Crippen LogP contribution in [0, 0.1) is 11.6 Å². The zero-order valence-corrected chi connectivity index (χ0v) is 11.9. The number of halogens is 3. The van der Waals surface area contributed by atoms with E-state index in [2.05, 4.69) is 5.32 Å². The summed E-state index contributed by atoms with van der Waals surface area (Å²) in [6.07, 6.45) is 0.508. The van der Waals surface area contributed by atoms with Crippen molar-refractivity contribution in [2.75, 3.05) is 6.54 Å². The van der Waals surface area contributed by atoms with Crippen molar-refractivity contribution >= 4 is 11.6 Å². The lowest BCUT2D eigenvalue weighted by molar-refractivity contribution is 0.464. The van der Waals surface area contributed by atoms with Gasteiger partial charge in [-0.3, -0.25) is 0 Å². The summed E-state index contributed by atoms with van der Waals surface area (Å²) in [5.74, 6) is -1.63. The molecule has 2 aromatic rings. The average molecular weight is 296 g/mol. The van der Waals surface area contributed by atoms with Crippen LogP contribution in [0.1, 0.15) is 24.1 Å². The zero-order valence-electron chi connectivity index (χ0n) is 11.2. The van der Waals surface area contributed by atoms with E-state index in [1.807, 2.05) is 25.1 Å². The lowest BCUT2D eigenvalue weighted by atomic mass is 9.98. The summed E-state index contributed by atoms with van der Waals surface area (Å²) in [7, 11) is 0. The quantitative estimate of drug-likeness (QED) is 0.855. The van der Waals surface area contributed by atoms with Gasteiger partial charge in [-0.25, -0.2) is 8.78 Å². The molecule has 2 aromatic carbocycles. The second-order valence-electron chi connectivity index (χ2n) is 4.55. The van der Waals surface area contributed by atoms with Gasteiger partial charge >= 0.3 is 0 Å². The van der Waals surface area contributed by atoms with Crippen LogP contribution in [0.2, 0.25) is 5.02 Å². The van der Waals surface area contributed by atoms with Crippen molar-refractivity contribution in [3.63, 3.8) is 0 Å². The van der Waals surface area contributed by atoms with Crippen molar-refractivity contribution in [2.45, 2.75) is 19.4 Å². The van der Waals surface area contributed by atoms with Crippen LogP contribution in [0.15, 0.2) is 42.5 Å². The number of hydrogen-bond donors (Lipinski definition) is 1. The second-order valence-corrected chi connectivity index (χ2v) is 4.96. The molecule has 0 heterocycles. The van der Waals surface area contributed by atoms with Gasteiger partial charge in [0, 0.05) is 16.6 Å². The van der Waals surface area contributed by atoms with E-state index < -0.39 is 11.6 Å². The standard InChI is InChI=1S/C16H16ClF2N/c1-2-20-15(10-11-6-3-4-8-13(11)17)12-7-5-9-14(18)16(12)19/h3-9,15,20H,2,10H2,1H3. The van der Waals surface area contributed by atoms with Gasteiger partial charge in [0.2, 0.25) is 0 Å². The molecule has 0 fully saturated rings. The molecule has 0 aromatic heterocycles. The zero-order chi connectivity index (χ0) is 14.5. The first-order valence-electron chi connectivity index (χ1n) is 6.54. The molecule has 0 radical (unpaired) electrons. The van der Waals surface area contributed by atoms with Crippen molar-refractivity contribution < 1.29 is 8.78 Å². The molecule has 1 nitrogen and oxygen atoms in total. The molecule has 4 heteroatoms. The second kappa shape index (κ2) is 6.82. The Hall–Kier alpha value is -1.45. The maximum Gasteiger partial charge on any atom is 0.163 e. The smallest absolute Gasteiger partial charge is 0.163 e. The first kappa shape index (κ1) is 14.9. The molecule has 2 rings (SSSR count). The third-order valence-electron chi connectivity index (χ3n) is 3.19. The third-order valence-corrected chi connectivity index (χ3v) is 3.56. The highest BCUT2D eigenvalue weighted by atomic mass is 35.5. The Labute approximate surface area is 122 Å². The SMILES string of the molecule is CCNC(Cc1ccccc1Cl)c1cccc(F)c1F. The van der Waals surface area contributed by atoms with Crippen LogP contribution in [0.5, 0.6) is 0 Å². The fourth-order valence-corrected chi connectivity index (χ4v) is 2.42. The van der Waals surface area contributed by atoms with E-state index in [0.717, 1.165) is 11.6 Å². The molecule has 0 aliphatic rings. The summed E-state index contributed by atoms with van der Waals surface area (Å²) in [5.41, 5.74) is 1.23. The largest absolute Gasteiger partial charge is 0.310 e.